The van der Waals surface area contributed by atoms with Crippen molar-refractivity contribution >= 4 is 11.6 Å². The zero-order valence-electron chi connectivity index (χ0n) is 16.6. The number of nitrogens with one attached hydrogen (secondary N) is 1. The average Bonchev–Trinajstić information content (AvgIpc) is 3.44. The average molecular weight is 392 g/mol. The molecule has 0 saturated heterocycles. The van der Waals surface area contributed by atoms with Gasteiger partial charge in [0.15, 0.2) is 0 Å². The maximum Gasteiger partial charge on any atom is 0.255 e. The van der Waals surface area contributed by atoms with Gasteiger partial charge in [-0.25, -0.2) is 0 Å². The van der Waals surface area contributed by atoms with Crippen LogP contribution in [0.3, 0.4) is 0 Å². The maximum absolute atomic E-state index is 12.9. The first kappa shape index (κ1) is 18.9. The molecule has 1 atom stereocenters. The minimum Gasteiger partial charge on any atom is -0.497 e. The number of fused-ring (bicyclic) bond motifs is 1. The zero-order chi connectivity index (χ0) is 20.2. The molecule has 0 unspecified atom stereocenters. The van der Waals surface area contributed by atoms with Gasteiger partial charge in [-0.3, -0.25) is 4.79 Å². The molecular formula is C23H24N2O4. The van der Waals surface area contributed by atoms with Gasteiger partial charge in [-0.1, -0.05) is 18.2 Å². The summed E-state index contributed by atoms with van der Waals surface area (Å²) in [7, 11) is 3.12. The lowest BCUT2D eigenvalue weighted by atomic mass is 10.1. The summed E-state index contributed by atoms with van der Waals surface area (Å²) >= 11 is 0. The third-order valence-electron chi connectivity index (χ3n) is 5.28. The highest BCUT2D eigenvalue weighted by Crippen LogP contribution is 2.35. The zero-order valence-corrected chi connectivity index (χ0v) is 16.6. The van der Waals surface area contributed by atoms with E-state index >= 15 is 0 Å². The van der Waals surface area contributed by atoms with E-state index in [9.17, 15) is 4.79 Å². The van der Waals surface area contributed by atoms with Crippen molar-refractivity contribution in [1.82, 2.24) is 5.32 Å². The molecule has 0 saturated carbocycles. The highest BCUT2D eigenvalue weighted by Gasteiger charge is 2.29. The van der Waals surface area contributed by atoms with Gasteiger partial charge in [0.1, 0.15) is 23.3 Å². The van der Waals surface area contributed by atoms with Crippen LogP contribution in [0, 0.1) is 0 Å². The molecule has 2 heterocycles. The monoisotopic (exact) mass is 392 g/mol. The summed E-state index contributed by atoms with van der Waals surface area (Å²) < 4.78 is 16.3. The van der Waals surface area contributed by atoms with Crippen LogP contribution >= 0.6 is 0 Å². The third-order valence-corrected chi connectivity index (χ3v) is 5.28. The molecule has 4 rings (SSSR count). The number of hydrogen-bond acceptors (Lipinski definition) is 5. The van der Waals surface area contributed by atoms with Gasteiger partial charge in [0, 0.05) is 24.8 Å². The van der Waals surface area contributed by atoms with Crippen molar-refractivity contribution in [2.75, 3.05) is 32.2 Å². The molecule has 3 aromatic rings. The molecule has 1 aliphatic rings. The first-order valence-electron chi connectivity index (χ1n) is 9.59. The minimum atomic E-state index is -0.200. The Balaban J connectivity index is 1.55. The van der Waals surface area contributed by atoms with E-state index < -0.39 is 0 Å². The van der Waals surface area contributed by atoms with Crippen LogP contribution in [0.15, 0.2) is 65.3 Å². The van der Waals surface area contributed by atoms with Crippen molar-refractivity contribution in [3.8, 4) is 11.5 Å². The number of benzene rings is 2. The Kier molecular flexibility index (Phi) is 5.42. The Morgan fingerprint density at radius 2 is 2.00 bits per heavy atom. The Hall–Kier alpha value is -3.41. The lowest BCUT2D eigenvalue weighted by Gasteiger charge is -2.29. The summed E-state index contributed by atoms with van der Waals surface area (Å²) in [6.07, 6.45) is 2.65. The predicted molar refractivity (Wildman–Crippen MR) is 111 cm³/mol. The third kappa shape index (κ3) is 3.78. The number of para-hydroxylation sites is 1. The van der Waals surface area contributed by atoms with Crippen molar-refractivity contribution in [1.29, 1.82) is 0 Å². The topological polar surface area (TPSA) is 63.9 Å². The number of furan rings is 1. The highest BCUT2D eigenvalue weighted by molar-refractivity contribution is 5.97. The molecule has 6 nitrogen and oxygen atoms in total. The summed E-state index contributed by atoms with van der Waals surface area (Å²) in [6, 6.07) is 17.3. The minimum absolute atomic E-state index is 0.0955. The van der Waals surface area contributed by atoms with Crippen LogP contribution in [-0.4, -0.2) is 33.2 Å². The van der Waals surface area contributed by atoms with E-state index in [4.69, 9.17) is 13.9 Å². The Morgan fingerprint density at radius 1 is 1.14 bits per heavy atom. The number of anilines is 1. The van der Waals surface area contributed by atoms with Crippen molar-refractivity contribution in [2.24, 2.45) is 0 Å². The smallest absolute Gasteiger partial charge is 0.255 e. The normalized spacial score (nSPS) is 13.7. The van der Waals surface area contributed by atoms with Crippen molar-refractivity contribution in [3.05, 3.63) is 77.7 Å². The Labute approximate surface area is 170 Å². The second-order valence-electron chi connectivity index (χ2n) is 6.88. The first-order valence-corrected chi connectivity index (χ1v) is 9.59. The van der Waals surface area contributed by atoms with Crippen LogP contribution < -0.4 is 19.7 Å². The van der Waals surface area contributed by atoms with Gasteiger partial charge in [0.2, 0.25) is 0 Å². The number of carbonyl (C=O) groups excluding carboxylic acids is 1. The summed E-state index contributed by atoms with van der Waals surface area (Å²) in [5, 5.41) is 3.05. The summed E-state index contributed by atoms with van der Waals surface area (Å²) in [4.78, 5) is 15.2. The van der Waals surface area contributed by atoms with Gasteiger partial charge in [0.25, 0.3) is 5.91 Å². The van der Waals surface area contributed by atoms with Gasteiger partial charge in [-0.15, -0.1) is 0 Å². The van der Waals surface area contributed by atoms with Gasteiger partial charge in [-0.05, 0) is 42.3 Å². The molecule has 0 fully saturated rings. The summed E-state index contributed by atoms with van der Waals surface area (Å²) in [6.45, 7) is 1.29. The van der Waals surface area contributed by atoms with Crippen LogP contribution in [-0.2, 0) is 6.42 Å². The van der Waals surface area contributed by atoms with E-state index in [0.29, 0.717) is 23.6 Å². The number of nitrogens with zero attached hydrogens (tertiary/aromatic N) is 1. The number of ether oxygens (including phenoxy) is 2. The fourth-order valence-corrected chi connectivity index (χ4v) is 3.80. The van der Waals surface area contributed by atoms with E-state index in [1.54, 1.807) is 38.7 Å². The highest BCUT2D eigenvalue weighted by atomic mass is 16.5. The van der Waals surface area contributed by atoms with E-state index in [1.807, 2.05) is 18.2 Å². The lowest BCUT2D eigenvalue weighted by Crippen LogP contribution is -2.37. The van der Waals surface area contributed by atoms with Gasteiger partial charge in [0.05, 0.1) is 26.0 Å². The maximum atomic E-state index is 12.9. The molecule has 1 aromatic heterocycles. The number of hydrogen-bond donors (Lipinski definition) is 1. The number of rotatable bonds is 7. The fraction of sp³-hybridized carbons (Fsp3) is 0.261. The molecule has 1 amide bonds. The quantitative estimate of drug-likeness (QED) is 0.662. The Bertz CT molecular complexity index is 984. The molecule has 0 bridgehead atoms. The first-order chi connectivity index (χ1) is 14.2. The second-order valence-corrected chi connectivity index (χ2v) is 6.88. The Morgan fingerprint density at radius 3 is 2.76 bits per heavy atom. The fourth-order valence-electron chi connectivity index (χ4n) is 3.80. The number of methoxy groups -OCH3 is 2. The molecule has 1 aliphatic heterocycles. The van der Waals surface area contributed by atoms with Crippen LogP contribution in [0.1, 0.15) is 27.7 Å². The molecule has 6 heteroatoms. The van der Waals surface area contributed by atoms with Crippen LogP contribution in [0.25, 0.3) is 0 Å². The largest absolute Gasteiger partial charge is 0.497 e. The van der Waals surface area contributed by atoms with Crippen molar-refractivity contribution in [3.63, 3.8) is 0 Å². The van der Waals surface area contributed by atoms with E-state index in [1.165, 1.54) is 11.3 Å². The predicted octanol–water partition coefficient (Wildman–Crippen LogP) is 3.83. The molecule has 2 aromatic carbocycles. The van der Waals surface area contributed by atoms with Crippen LogP contribution in [0.4, 0.5) is 5.69 Å². The SMILES string of the molecule is COc1ccc(C(=O)NC[C@@H](c2ccco2)N2CCc3ccccc32)c(OC)c1. The van der Waals surface area contributed by atoms with Gasteiger partial charge >= 0.3 is 0 Å². The van der Waals surface area contributed by atoms with E-state index in [0.717, 1.165) is 18.7 Å². The number of amides is 1. The molecule has 1 N–H and O–H groups in total. The van der Waals surface area contributed by atoms with Gasteiger partial charge in [-0.2, -0.15) is 0 Å². The molecule has 0 aliphatic carbocycles. The lowest BCUT2D eigenvalue weighted by molar-refractivity contribution is 0.0947. The van der Waals surface area contributed by atoms with Gasteiger partial charge < -0.3 is 24.1 Å². The molecule has 29 heavy (non-hydrogen) atoms. The molecular weight excluding hydrogens is 368 g/mol. The van der Waals surface area contributed by atoms with Crippen LogP contribution in [0.5, 0.6) is 11.5 Å². The summed E-state index contributed by atoms with van der Waals surface area (Å²) in [5.41, 5.74) is 2.96. The second kappa shape index (κ2) is 8.31. The van der Waals surface area contributed by atoms with Crippen LogP contribution in [0.2, 0.25) is 0 Å². The standard InChI is InChI=1S/C23H24N2O4/c1-27-17-9-10-18(22(14-17)28-2)23(26)24-15-20(21-8-5-13-29-21)25-12-11-16-6-3-4-7-19(16)25/h3-10,13-14,20H,11-12,15H2,1-2H3,(H,24,26)/t20-/m0/s1. The summed E-state index contributed by atoms with van der Waals surface area (Å²) in [5.74, 6) is 1.74. The number of carbonyl (C=O) groups is 1. The molecule has 150 valence electrons. The van der Waals surface area contributed by atoms with Crippen molar-refractivity contribution in [2.45, 2.75) is 12.5 Å². The van der Waals surface area contributed by atoms with Crippen molar-refractivity contribution < 1.29 is 18.7 Å². The van der Waals surface area contributed by atoms with E-state index in [2.05, 4.69) is 28.4 Å². The molecule has 0 radical (unpaired) electrons. The van der Waals surface area contributed by atoms with E-state index in [-0.39, 0.29) is 11.9 Å². The molecule has 0 spiro atoms.